The molecule has 6 atom stereocenters. The lowest BCUT2D eigenvalue weighted by Crippen LogP contribution is -2.45. The van der Waals surface area contributed by atoms with Crippen LogP contribution in [0.15, 0.2) is 18.2 Å². The predicted octanol–water partition coefficient (Wildman–Crippen LogP) is 4.59. The second kappa shape index (κ2) is 7.75. The minimum Gasteiger partial charge on any atom is -0.462 e. The molecule has 3 aliphatic carbocycles. The van der Waals surface area contributed by atoms with Gasteiger partial charge in [-0.1, -0.05) is 13.0 Å². The summed E-state index contributed by atoms with van der Waals surface area (Å²) in [6, 6.07) is 6.13. The van der Waals surface area contributed by atoms with Crippen molar-refractivity contribution in [2.75, 3.05) is 13.7 Å². The fourth-order valence-corrected chi connectivity index (χ4v) is 6.64. The van der Waals surface area contributed by atoms with Crippen LogP contribution in [0.1, 0.15) is 75.8 Å². The third-order valence-corrected chi connectivity index (χ3v) is 7.74. The van der Waals surface area contributed by atoms with Crippen molar-refractivity contribution in [3.8, 4) is 5.75 Å². The second-order valence-corrected chi connectivity index (χ2v) is 9.37. The lowest BCUT2D eigenvalue weighted by atomic mass is 9.54. The number of fused-ring (bicyclic) bond motifs is 5. The van der Waals surface area contributed by atoms with Gasteiger partial charge in [0.25, 0.3) is 0 Å². The molecule has 0 aromatic heterocycles. The van der Waals surface area contributed by atoms with E-state index in [0.29, 0.717) is 36.0 Å². The Labute approximate surface area is 173 Å². The molecule has 158 valence electrons. The van der Waals surface area contributed by atoms with E-state index < -0.39 is 0 Å². The third kappa shape index (κ3) is 3.58. The van der Waals surface area contributed by atoms with Gasteiger partial charge in [-0.3, -0.25) is 9.59 Å². The van der Waals surface area contributed by atoms with Crippen molar-refractivity contribution < 1.29 is 23.8 Å². The normalized spacial score (nSPS) is 35.2. The Balaban J connectivity index is 1.66. The van der Waals surface area contributed by atoms with E-state index in [9.17, 15) is 9.59 Å². The molecule has 4 rings (SSSR count). The minimum absolute atomic E-state index is 0.0413. The summed E-state index contributed by atoms with van der Waals surface area (Å²) in [7, 11) is 1.75. The first-order valence-electron chi connectivity index (χ1n) is 10.8. The first-order chi connectivity index (χ1) is 13.8. The van der Waals surface area contributed by atoms with Gasteiger partial charge in [-0.15, -0.1) is 0 Å². The topological polar surface area (TPSA) is 61.8 Å². The zero-order valence-corrected chi connectivity index (χ0v) is 17.9. The highest BCUT2D eigenvalue weighted by Gasteiger charge is 2.56. The molecule has 0 spiro atoms. The minimum atomic E-state index is -0.294. The number of hydrogen-bond donors (Lipinski definition) is 0. The number of ether oxygens (including phenoxy) is 3. The summed E-state index contributed by atoms with van der Waals surface area (Å²) in [5.74, 6) is 2.10. The molecule has 0 aliphatic heterocycles. The molecule has 0 saturated heterocycles. The van der Waals surface area contributed by atoms with Gasteiger partial charge < -0.3 is 14.2 Å². The summed E-state index contributed by atoms with van der Waals surface area (Å²) in [5.41, 5.74) is 2.72. The zero-order valence-electron chi connectivity index (χ0n) is 17.9. The van der Waals surface area contributed by atoms with Crippen molar-refractivity contribution in [3.63, 3.8) is 0 Å². The lowest BCUT2D eigenvalue weighted by molar-refractivity contribution is -0.154. The molecule has 2 saturated carbocycles. The van der Waals surface area contributed by atoms with E-state index in [1.54, 1.807) is 7.11 Å². The first kappa shape index (κ1) is 20.4. The largest absolute Gasteiger partial charge is 0.462 e. The van der Waals surface area contributed by atoms with Gasteiger partial charge in [0.15, 0.2) is 0 Å². The van der Waals surface area contributed by atoms with Crippen molar-refractivity contribution >= 4 is 11.9 Å². The summed E-state index contributed by atoms with van der Waals surface area (Å²) in [4.78, 5) is 23.0. The maximum atomic E-state index is 11.6. The number of methoxy groups -OCH3 is 1. The van der Waals surface area contributed by atoms with E-state index in [2.05, 4.69) is 13.0 Å². The van der Waals surface area contributed by atoms with Gasteiger partial charge in [0, 0.05) is 32.3 Å². The van der Waals surface area contributed by atoms with Crippen molar-refractivity contribution in [3.05, 3.63) is 29.3 Å². The van der Waals surface area contributed by atoms with Gasteiger partial charge in [-0.25, -0.2) is 0 Å². The first-order valence-corrected chi connectivity index (χ1v) is 10.8. The van der Waals surface area contributed by atoms with Crippen LogP contribution < -0.4 is 4.74 Å². The SMILES string of the molecule is COC[C@@H]1C[C@@H]2C(CC[C@]3(C)C(OC(C)=O)CCC23)c2ccc(OC(C)=O)cc21. The van der Waals surface area contributed by atoms with Gasteiger partial charge in [-0.2, -0.15) is 0 Å². The van der Waals surface area contributed by atoms with Crippen LogP contribution in [0, 0.1) is 17.3 Å². The Bertz CT molecular complexity index is 802. The summed E-state index contributed by atoms with van der Waals surface area (Å²) in [5, 5.41) is 0. The Morgan fingerprint density at radius 3 is 2.59 bits per heavy atom. The average molecular weight is 401 g/mol. The number of rotatable bonds is 4. The van der Waals surface area contributed by atoms with Crippen molar-refractivity contribution in [1.29, 1.82) is 0 Å². The molecule has 2 fully saturated rings. The maximum Gasteiger partial charge on any atom is 0.308 e. The predicted molar refractivity (Wildman–Crippen MR) is 109 cm³/mol. The van der Waals surface area contributed by atoms with E-state index in [1.165, 1.54) is 25.0 Å². The molecular formula is C24H32O5. The average Bonchev–Trinajstić information content (AvgIpc) is 2.98. The van der Waals surface area contributed by atoms with Crippen LogP contribution in [0.2, 0.25) is 0 Å². The Kier molecular flexibility index (Phi) is 5.45. The van der Waals surface area contributed by atoms with Crippen molar-refractivity contribution in [2.45, 2.75) is 70.8 Å². The highest BCUT2D eigenvalue weighted by molar-refractivity contribution is 5.69. The lowest BCUT2D eigenvalue weighted by Gasteiger charge is -2.51. The Hall–Kier alpha value is -1.88. The standard InChI is InChI=1S/C24H32O5/c1-14(25)28-17-5-6-18-19-9-10-24(3)22(7-8-23(24)29-15(2)26)21(19)11-16(13-27-4)20(18)12-17/h5-6,12,16,19,21-23H,7-11,13H2,1-4H3/t16-,19?,21+,22?,23?,24-/m0/s1. The Morgan fingerprint density at radius 1 is 1.10 bits per heavy atom. The molecule has 1 aromatic carbocycles. The van der Waals surface area contributed by atoms with Crippen LogP contribution in [0.3, 0.4) is 0 Å². The van der Waals surface area contributed by atoms with E-state index in [-0.39, 0.29) is 23.5 Å². The monoisotopic (exact) mass is 400 g/mol. The second-order valence-electron chi connectivity index (χ2n) is 9.37. The molecule has 3 unspecified atom stereocenters. The van der Waals surface area contributed by atoms with Crippen LogP contribution in [0.25, 0.3) is 0 Å². The third-order valence-electron chi connectivity index (χ3n) is 7.74. The molecule has 0 radical (unpaired) electrons. The zero-order chi connectivity index (χ0) is 20.8. The molecular weight excluding hydrogens is 368 g/mol. The highest BCUT2D eigenvalue weighted by Crippen LogP contribution is 2.63. The van der Waals surface area contributed by atoms with Crippen LogP contribution in [0.4, 0.5) is 0 Å². The Morgan fingerprint density at radius 2 is 1.90 bits per heavy atom. The van der Waals surface area contributed by atoms with Crippen molar-refractivity contribution in [1.82, 2.24) is 0 Å². The summed E-state index contributed by atoms with van der Waals surface area (Å²) < 4.78 is 16.7. The number of carbonyl (C=O) groups excluding carboxylic acids is 2. The molecule has 3 aliphatic rings. The van der Waals surface area contributed by atoms with Gasteiger partial charge in [0.1, 0.15) is 11.9 Å². The fourth-order valence-electron chi connectivity index (χ4n) is 6.64. The quantitative estimate of drug-likeness (QED) is 0.547. The fraction of sp³-hybridized carbons (Fsp3) is 0.667. The summed E-state index contributed by atoms with van der Waals surface area (Å²) in [6.45, 7) is 5.95. The van der Waals surface area contributed by atoms with Gasteiger partial charge >= 0.3 is 11.9 Å². The van der Waals surface area contributed by atoms with E-state index >= 15 is 0 Å². The number of esters is 2. The van der Waals surface area contributed by atoms with E-state index in [1.807, 2.05) is 12.1 Å². The number of carbonyl (C=O) groups is 2. The molecule has 0 bridgehead atoms. The van der Waals surface area contributed by atoms with Crippen molar-refractivity contribution in [2.24, 2.45) is 17.3 Å². The van der Waals surface area contributed by atoms with Gasteiger partial charge in [0.05, 0.1) is 6.61 Å². The van der Waals surface area contributed by atoms with E-state index in [4.69, 9.17) is 14.2 Å². The molecule has 0 heterocycles. The summed E-state index contributed by atoms with van der Waals surface area (Å²) >= 11 is 0. The smallest absolute Gasteiger partial charge is 0.308 e. The highest BCUT2D eigenvalue weighted by atomic mass is 16.5. The molecule has 0 amide bonds. The van der Waals surface area contributed by atoms with Crippen LogP contribution in [0.5, 0.6) is 5.75 Å². The number of benzene rings is 1. The molecule has 5 heteroatoms. The number of hydrogen-bond acceptors (Lipinski definition) is 5. The molecule has 29 heavy (non-hydrogen) atoms. The van der Waals surface area contributed by atoms with Gasteiger partial charge in [-0.05, 0) is 73.1 Å². The molecule has 1 aromatic rings. The van der Waals surface area contributed by atoms with Crippen LogP contribution in [-0.4, -0.2) is 31.8 Å². The maximum absolute atomic E-state index is 11.6. The summed E-state index contributed by atoms with van der Waals surface area (Å²) in [6.07, 6.45) is 5.39. The molecule has 0 N–H and O–H groups in total. The van der Waals surface area contributed by atoms with Crippen LogP contribution in [-0.2, 0) is 19.1 Å². The van der Waals surface area contributed by atoms with E-state index in [0.717, 1.165) is 32.1 Å². The van der Waals surface area contributed by atoms with Gasteiger partial charge in [0.2, 0.25) is 0 Å². The van der Waals surface area contributed by atoms with Crippen LogP contribution >= 0.6 is 0 Å². The molecule has 5 nitrogen and oxygen atoms in total.